The monoisotopic (exact) mass is 512 g/mol. The summed E-state index contributed by atoms with van der Waals surface area (Å²) in [5.41, 5.74) is -0.507. The van der Waals surface area contributed by atoms with Gasteiger partial charge in [0.25, 0.3) is 0 Å². The maximum Gasteiger partial charge on any atom is 0.416 e. The second kappa shape index (κ2) is 10.6. The highest BCUT2D eigenvalue weighted by Crippen LogP contribution is 2.31. The van der Waals surface area contributed by atoms with Gasteiger partial charge in [0.05, 0.1) is 29.8 Å². The van der Waals surface area contributed by atoms with E-state index in [-0.39, 0.29) is 13.1 Å². The molecule has 0 aliphatic carbocycles. The van der Waals surface area contributed by atoms with Crippen LogP contribution in [-0.4, -0.2) is 36.1 Å². The Hall–Kier alpha value is -3.18. The van der Waals surface area contributed by atoms with Gasteiger partial charge >= 0.3 is 6.18 Å². The number of carbonyl (C=O) groups excluding carboxylic acids is 1. The summed E-state index contributed by atoms with van der Waals surface area (Å²) < 4.78 is 85.4. The fourth-order valence-corrected chi connectivity index (χ4v) is 5.01. The van der Waals surface area contributed by atoms with E-state index in [0.717, 1.165) is 22.5 Å². The predicted octanol–water partition coefficient (Wildman–Crippen LogP) is 5.07. The molecule has 0 bridgehead atoms. The summed E-state index contributed by atoms with van der Waals surface area (Å²) in [7, 11) is -4.44. The molecular formula is C24H24F4N2O4S. The van der Waals surface area contributed by atoms with Crippen molar-refractivity contribution in [3.63, 3.8) is 0 Å². The third-order valence-electron chi connectivity index (χ3n) is 5.20. The van der Waals surface area contributed by atoms with Crippen LogP contribution in [0.25, 0.3) is 0 Å². The molecule has 0 spiro atoms. The Morgan fingerprint density at radius 1 is 1.00 bits per heavy atom. The highest BCUT2D eigenvalue weighted by molar-refractivity contribution is 7.89. The number of alkyl halides is 3. The lowest BCUT2D eigenvalue weighted by atomic mass is 10.2. The summed E-state index contributed by atoms with van der Waals surface area (Å²) >= 11 is 0. The molecule has 0 N–H and O–H groups in total. The van der Waals surface area contributed by atoms with E-state index >= 15 is 0 Å². The predicted molar refractivity (Wildman–Crippen MR) is 120 cm³/mol. The zero-order chi connectivity index (χ0) is 25.8. The zero-order valence-corrected chi connectivity index (χ0v) is 19.8. The van der Waals surface area contributed by atoms with E-state index < -0.39 is 51.0 Å². The second-order valence-corrected chi connectivity index (χ2v) is 10.0. The summed E-state index contributed by atoms with van der Waals surface area (Å²) in [6.07, 6.45) is -3.30. The maximum absolute atomic E-state index is 13.3. The zero-order valence-electron chi connectivity index (χ0n) is 19.0. The van der Waals surface area contributed by atoms with Crippen molar-refractivity contribution >= 4 is 15.9 Å². The highest BCUT2D eigenvalue weighted by Gasteiger charge is 2.35. The van der Waals surface area contributed by atoms with Gasteiger partial charge in [-0.05, 0) is 61.9 Å². The average Bonchev–Trinajstić information content (AvgIpc) is 3.30. The maximum atomic E-state index is 13.3. The minimum atomic E-state index is -4.72. The first kappa shape index (κ1) is 26.4. The van der Waals surface area contributed by atoms with Crippen LogP contribution in [0.5, 0.6) is 0 Å². The van der Waals surface area contributed by atoms with Crippen LogP contribution in [0, 0.1) is 5.82 Å². The van der Waals surface area contributed by atoms with Gasteiger partial charge in [0, 0.05) is 12.6 Å². The van der Waals surface area contributed by atoms with Crippen LogP contribution in [0.4, 0.5) is 17.6 Å². The molecule has 11 heteroatoms. The van der Waals surface area contributed by atoms with Crippen molar-refractivity contribution < 1.29 is 35.2 Å². The number of nitrogens with zero attached hydrogens (tertiary/aromatic N) is 2. The molecule has 35 heavy (non-hydrogen) atoms. The Labute approximate surface area is 200 Å². The molecule has 3 rings (SSSR count). The molecule has 1 aromatic heterocycles. The van der Waals surface area contributed by atoms with Gasteiger partial charge < -0.3 is 9.32 Å². The van der Waals surface area contributed by atoms with Crippen LogP contribution in [0.15, 0.2) is 76.2 Å². The molecule has 0 atom stereocenters. The number of sulfonamides is 1. The van der Waals surface area contributed by atoms with Crippen molar-refractivity contribution in [2.24, 2.45) is 0 Å². The van der Waals surface area contributed by atoms with Gasteiger partial charge in [-0.15, -0.1) is 0 Å². The summed E-state index contributed by atoms with van der Waals surface area (Å²) in [6, 6.07) is 11.4. The van der Waals surface area contributed by atoms with Crippen molar-refractivity contribution in [1.29, 1.82) is 0 Å². The minimum absolute atomic E-state index is 0.0127. The fraction of sp³-hybridized carbons (Fsp3) is 0.292. The highest BCUT2D eigenvalue weighted by atomic mass is 32.2. The van der Waals surface area contributed by atoms with Crippen LogP contribution in [0.3, 0.4) is 0 Å². The van der Waals surface area contributed by atoms with Gasteiger partial charge in [-0.1, -0.05) is 18.2 Å². The lowest BCUT2D eigenvalue weighted by Gasteiger charge is -2.29. The number of furan rings is 1. The molecule has 2 aromatic carbocycles. The number of amides is 1. The lowest BCUT2D eigenvalue weighted by molar-refractivity contribution is -0.137. The smallest absolute Gasteiger partial charge is 0.416 e. The molecule has 188 valence electrons. The molecule has 1 heterocycles. The average molecular weight is 513 g/mol. The molecule has 3 aromatic rings. The number of rotatable bonds is 9. The molecule has 0 saturated carbocycles. The van der Waals surface area contributed by atoms with Crippen LogP contribution < -0.4 is 0 Å². The van der Waals surface area contributed by atoms with Crippen molar-refractivity contribution in [3.05, 3.63) is 89.6 Å². The number of halogens is 4. The number of benzene rings is 2. The van der Waals surface area contributed by atoms with Gasteiger partial charge in [-0.2, -0.15) is 17.5 Å². The topological polar surface area (TPSA) is 70.8 Å². The summed E-state index contributed by atoms with van der Waals surface area (Å²) in [5.74, 6) is -0.608. The molecule has 0 unspecified atom stereocenters. The summed E-state index contributed by atoms with van der Waals surface area (Å²) in [4.78, 5) is 14.1. The molecule has 0 aliphatic heterocycles. The van der Waals surface area contributed by atoms with Gasteiger partial charge in [-0.25, -0.2) is 12.8 Å². The lowest BCUT2D eigenvalue weighted by Crippen LogP contribution is -2.45. The van der Waals surface area contributed by atoms with Crippen molar-refractivity contribution in [1.82, 2.24) is 9.21 Å². The normalized spacial score (nSPS) is 12.3. The third-order valence-corrected chi connectivity index (χ3v) is 7.22. The Bertz CT molecular complexity index is 1240. The van der Waals surface area contributed by atoms with E-state index in [1.54, 1.807) is 12.1 Å². The first-order valence-electron chi connectivity index (χ1n) is 10.6. The number of hydrogen-bond acceptors (Lipinski definition) is 4. The minimum Gasteiger partial charge on any atom is -0.467 e. The number of hydrogen-bond donors (Lipinski definition) is 0. The SMILES string of the molecule is CC(C)N(CC(=O)N(Cc1ccc(F)cc1)Cc1ccco1)S(=O)(=O)c1cccc(C(F)(F)F)c1. The summed E-state index contributed by atoms with van der Waals surface area (Å²) in [5, 5.41) is 0. The van der Waals surface area contributed by atoms with Crippen LogP contribution in [0.1, 0.15) is 30.7 Å². The molecule has 0 radical (unpaired) electrons. The largest absolute Gasteiger partial charge is 0.467 e. The van der Waals surface area contributed by atoms with E-state index in [0.29, 0.717) is 17.4 Å². The molecule has 6 nitrogen and oxygen atoms in total. The van der Waals surface area contributed by atoms with Gasteiger partial charge in [0.15, 0.2) is 0 Å². The Balaban J connectivity index is 1.89. The number of carbonyl (C=O) groups is 1. The van der Waals surface area contributed by atoms with Crippen LogP contribution in [0.2, 0.25) is 0 Å². The van der Waals surface area contributed by atoms with Crippen molar-refractivity contribution in [2.75, 3.05) is 6.54 Å². The Kier molecular flexibility index (Phi) is 8.01. The third kappa shape index (κ3) is 6.70. The quantitative estimate of drug-likeness (QED) is 0.376. The van der Waals surface area contributed by atoms with E-state index in [9.17, 15) is 30.8 Å². The Morgan fingerprint density at radius 2 is 1.69 bits per heavy atom. The molecule has 0 fully saturated rings. The van der Waals surface area contributed by atoms with E-state index in [1.165, 1.54) is 49.3 Å². The molecule has 0 saturated heterocycles. The molecule has 1 amide bonds. The Morgan fingerprint density at radius 3 is 2.26 bits per heavy atom. The first-order valence-corrected chi connectivity index (χ1v) is 12.1. The van der Waals surface area contributed by atoms with Gasteiger partial charge in [0.1, 0.15) is 11.6 Å². The van der Waals surface area contributed by atoms with Crippen molar-refractivity contribution in [3.8, 4) is 0 Å². The molecular weight excluding hydrogens is 488 g/mol. The summed E-state index contributed by atoms with van der Waals surface area (Å²) in [6.45, 7) is 2.48. The first-order chi connectivity index (χ1) is 16.4. The fourth-order valence-electron chi connectivity index (χ4n) is 3.38. The van der Waals surface area contributed by atoms with Gasteiger partial charge in [-0.3, -0.25) is 4.79 Å². The van der Waals surface area contributed by atoms with Crippen LogP contribution >= 0.6 is 0 Å². The van der Waals surface area contributed by atoms with Crippen molar-refractivity contribution in [2.45, 2.75) is 44.1 Å². The van der Waals surface area contributed by atoms with E-state index in [4.69, 9.17) is 4.42 Å². The second-order valence-electron chi connectivity index (χ2n) is 8.13. The van der Waals surface area contributed by atoms with E-state index in [1.807, 2.05) is 0 Å². The standard InChI is InChI=1S/C24H24F4N2O4S/c1-17(2)30(35(32,33)22-7-3-5-19(13-22)24(26,27)28)16-23(31)29(15-21-6-4-12-34-21)14-18-8-10-20(25)11-9-18/h3-13,17H,14-16H2,1-2H3. The molecule has 0 aliphatic rings. The van der Waals surface area contributed by atoms with Crippen LogP contribution in [-0.2, 0) is 34.1 Å². The van der Waals surface area contributed by atoms with Gasteiger partial charge in [0.2, 0.25) is 15.9 Å². The van der Waals surface area contributed by atoms with E-state index in [2.05, 4.69) is 0 Å².